The summed E-state index contributed by atoms with van der Waals surface area (Å²) in [5.41, 5.74) is 1.98. The van der Waals surface area contributed by atoms with E-state index >= 15 is 0 Å². The van der Waals surface area contributed by atoms with E-state index in [0.717, 1.165) is 24.1 Å². The number of pyridine rings is 1. The number of hydrogen-bond donors (Lipinski definition) is 1. The van der Waals surface area contributed by atoms with E-state index in [9.17, 15) is 0 Å². The molecule has 0 bridgehead atoms. The Bertz CT molecular complexity index is 569. The summed E-state index contributed by atoms with van der Waals surface area (Å²) >= 11 is 0. The minimum Gasteiger partial charge on any atom is -0.380 e. The van der Waals surface area contributed by atoms with E-state index in [-0.39, 0.29) is 12.1 Å². The van der Waals surface area contributed by atoms with Crippen molar-refractivity contribution in [2.75, 3.05) is 13.7 Å². The molecule has 6 heteroatoms. The quantitative estimate of drug-likeness (QED) is 0.901. The molecule has 2 atom stereocenters. The number of aryl methyl sites for hydroxylation is 1. The van der Waals surface area contributed by atoms with Crippen LogP contribution in [-0.2, 0) is 4.74 Å². The molecule has 1 fully saturated rings. The lowest BCUT2D eigenvalue weighted by Crippen LogP contribution is -2.16. The third kappa shape index (κ3) is 2.36. The van der Waals surface area contributed by atoms with Gasteiger partial charge in [-0.15, -0.1) is 0 Å². The van der Waals surface area contributed by atoms with E-state index in [4.69, 9.17) is 9.26 Å². The van der Waals surface area contributed by atoms with Gasteiger partial charge in [0.15, 0.2) is 0 Å². The Morgan fingerprint density at radius 3 is 3.11 bits per heavy atom. The van der Waals surface area contributed by atoms with Crippen molar-refractivity contribution >= 4 is 0 Å². The summed E-state index contributed by atoms with van der Waals surface area (Å²) in [5, 5.41) is 7.35. The molecule has 0 saturated carbocycles. The van der Waals surface area contributed by atoms with Crippen LogP contribution in [0.1, 0.15) is 23.9 Å². The van der Waals surface area contributed by atoms with Crippen LogP contribution in [-0.4, -0.2) is 34.9 Å². The number of nitrogens with zero attached hydrogens (tertiary/aromatic N) is 3. The molecule has 3 heterocycles. The molecule has 0 aliphatic carbocycles. The van der Waals surface area contributed by atoms with Crippen LogP contribution in [0, 0.1) is 6.92 Å². The van der Waals surface area contributed by atoms with Gasteiger partial charge in [0.25, 0.3) is 0 Å². The minimum atomic E-state index is 0.0724. The molecule has 1 aliphatic rings. The summed E-state index contributed by atoms with van der Waals surface area (Å²) < 4.78 is 10.7. The van der Waals surface area contributed by atoms with E-state index < -0.39 is 0 Å². The molecule has 0 spiro atoms. The summed E-state index contributed by atoms with van der Waals surface area (Å²) in [6.45, 7) is 2.81. The van der Waals surface area contributed by atoms with Crippen LogP contribution in [0.25, 0.3) is 11.4 Å². The normalized spacial score (nSPS) is 22.8. The average Bonchev–Trinajstić information content (AvgIpc) is 3.08. The van der Waals surface area contributed by atoms with Crippen molar-refractivity contribution in [3.05, 3.63) is 29.9 Å². The molecule has 0 radical (unpaired) electrons. The fraction of sp³-hybridized carbons (Fsp3) is 0.462. The SMILES string of the molecule is CO[C@@H]1CN[C@@H](c2nc(-c3cnccc3C)no2)C1. The molecule has 1 aliphatic heterocycles. The first-order valence-corrected chi connectivity index (χ1v) is 6.28. The average molecular weight is 260 g/mol. The van der Waals surface area contributed by atoms with Gasteiger partial charge in [-0.3, -0.25) is 4.98 Å². The Labute approximate surface area is 111 Å². The van der Waals surface area contributed by atoms with Crippen LogP contribution in [0.5, 0.6) is 0 Å². The third-order valence-electron chi connectivity index (χ3n) is 3.44. The Balaban J connectivity index is 1.82. The number of methoxy groups -OCH3 is 1. The van der Waals surface area contributed by atoms with Gasteiger partial charge in [-0.25, -0.2) is 0 Å². The largest absolute Gasteiger partial charge is 0.380 e. The smallest absolute Gasteiger partial charge is 0.244 e. The first kappa shape index (κ1) is 12.3. The van der Waals surface area contributed by atoms with E-state index in [0.29, 0.717) is 11.7 Å². The topological polar surface area (TPSA) is 73.1 Å². The zero-order valence-corrected chi connectivity index (χ0v) is 11.0. The van der Waals surface area contributed by atoms with Gasteiger partial charge in [-0.05, 0) is 25.0 Å². The van der Waals surface area contributed by atoms with Crippen LogP contribution in [0.15, 0.2) is 23.0 Å². The van der Waals surface area contributed by atoms with Crippen LogP contribution < -0.4 is 5.32 Å². The summed E-state index contributed by atoms with van der Waals surface area (Å²) in [6.07, 6.45) is 4.57. The lowest BCUT2D eigenvalue weighted by Gasteiger charge is -2.04. The van der Waals surface area contributed by atoms with Gasteiger partial charge in [0.1, 0.15) is 0 Å². The second kappa shape index (κ2) is 5.07. The van der Waals surface area contributed by atoms with Crippen molar-refractivity contribution in [2.24, 2.45) is 0 Å². The molecule has 19 heavy (non-hydrogen) atoms. The first-order valence-electron chi connectivity index (χ1n) is 6.28. The van der Waals surface area contributed by atoms with Crippen molar-refractivity contribution in [3.63, 3.8) is 0 Å². The number of rotatable bonds is 3. The maximum absolute atomic E-state index is 5.34. The maximum atomic E-state index is 5.34. The molecule has 6 nitrogen and oxygen atoms in total. The summed E-state index contributed by atoms with van der Waals surface area (Å²) in [5.74, 6) is 1.20. The van der Waals surface area contributed by atoms with Crippen LogP contribution in [0.3, 0.4) is 0 Å². The Kier molecular flexibility index (Phi) is 3.27. The molecule has 1 saturated heterocycles. The lowest BCUT2D eigenvalue weighted by atomic mass is 10.1. The van der Waals surface area contributed by atoms with Crippen LogP contribution in [0.2, 0.25) is 0 Å². The molecule has 0 amide bonds. The Morgan fingerprint density at radius 1 is 1.47 bits per heavy atom. The van der Waals surface area contributed by atoms with Crippen molar-refractivity contribution in [1.82, 2.24) is 20.4 Å². The summed E-state index contributed by atoms with van der Waals surface area (Å²) in [7, 11) is 1.72. The molecule has 1 N–H and O–H groups in total. The molecule has 2 aromatic heterocycles. The molecule has 100 valence electrons. The van der Waals surface area contributed by atoms with E-state index in [1.807, 2.05) is 13.0 Å². The molecular weight excluding hydrogens is 244 g/mol. The highest BCUT2D eigenvalue weighted by Gasteiger charge is 2.29. The van der Waals surface area contributed by atoms with E-state index in [1.165, 1.54) is 0 Å². The highest BCUT2D eigenvalue weighted by molar-refractivity contribution is 5.57. The zero-order valence-electron chi connectivity index (χ0n) is 11.0. The van der Waals surface area contributed by atoms with Crippen LogP contribution in [0.4, 0.5) is 0 Å². The van der Waals surface area contributed by atoms with Crippen molar-refractivity contribution in [2.45, 2.75) is 25.5 Å². The van der Waals surface area contributed by atoms with Crippen molar-refractivity contribution in [3.8, 4) is 11.4 Å². The summed E-state index contributed by atoms with van der Waals surface area (Å²) in [4.78, 5) is 8.55. The van der Waals surface area contributed by atoms with Gasteiger partial charge < -0.3 is 14.6 Å². The first-order chi connectivity index (χ1) is 9.28. The van der Waals surface area contributed by atoms with Crippen molar-refractivity contribution in [1.29, 1.82) is 0 Å². The van der Waals surface area contributed by atoms with E-state index in [2.05, 4.69) is 20.4 Å². The van der Waals surface area contributed by atoms with Gasteiger partial charge in [0, 0.05) is 31.6 Å². The fourth-order valence-electron chi connectivity index (χ4n) is 2.26. The number of hydrogen-bond acceptors (Lipinski definition) is 6. The van der Waals surface area contributed by atoms with Gasteiger partial charge in [0.05, 0.1) is 12.1 Å². The van der Waals surface area contributed by atoms with Gasteiger partial charge in [0.2, 0.25) is 11.7 Å². The standard InChI is InChI=1S/C13H16N4O2/c1-8-3-4-14-7-10(8)12-16-13(19-17-12)11-5-9(18-2)6-15-11/h3-4,7,9,11,15H,5-6H2,1-2H3/t9-,11+/m0/s1. The number of nitrogens with one attached hydrogen (secondary N) is 1. The lowest BCUT2D eigenvalue weighted by molar-refractivity contribution is 0.116. The molecule has 3 rings (SSSR count). The minimum absolute atomic E-state index is 0.0724. The van der Waals surface area contributed by atoms with Gasteiger partial charge >= 0.3 is 0 Å². The predicted octanol–water partition coefficient (Wildman–Crippen LogP) is 1.49. The summed E-state index contributed by atoms with van der Waals surface area (Å²) in [6, 6.07) is 2.00. The van der Waals surface area contributed by atoms with E-state index in [1.54, 1.807) is 19.5 Å². The maximum Gasteiger partial charge on any atom is 0.244 e. The Hall–Kier alpha value is -1.79. The fourth-order valence-corrected chi connectivity index (χ4v) is 2.26. The zero-order chi connectivity index (χ0) is 13.2. The van der Waals surface area contributed by atoms with Crippen molar-refractivity contribution < 1.29 is 9.26 Å². The molecule has 0 aromatic carbocycles. The predicted molar refractivity (Wildman–Crippen MR) is 68.4 cm³/mol. The third-order valence-corrected chi connectivity index (χ3v) is 3.44. The Morgan fingerprint density at radius 2 is 2.37 bits per heavy atom. The van der Waals surface area contributed by atoms with Crippen LogP contribution >= 0.6 is 0 Å². The number of aromatic nitrogens is 3. The number of ether oxygens (including phenoxy) is 1. The molecule has 0 unspecified atom stereocenters. The second-order valence-corrected chi connectivity index (χ2v) is 4.70. The monoisotopic (exact) mass is 260 g/mol. The molecule has 2 aromatic rings. The van der Waals surface area contributed by atoms with Gasteiger partial charge in [-0.1, -0.05) is 5.16 Å². The highest BCUT2D eigenvalue weighted by Crippen LogP contribution is 2.26. The van der Waals surface area contributed by atoms with Gasteiger partial charge in [-0.2, -0.15) is 4.98 Å². The highest BCUT2D eigenvalue weighted by atomic mass is 16.5. The molecular formula is C13H16N4O2. The second-order valence-electron chi connectivity index (χ2n) is 4.70.